The Morgan fingerprint density at radius 3 is 2.74 bits per heavy atom. The second-order valence-corrected chi connectivity index (χ2v) is 7.65. The van der Waals surface area contributed by atoms with Gasteiger partial charge in [-0.2, -0.15) is 0 Å². The van der Waals surface area contributed by atoms with Crippen LogP contribution in [0.25, 0.3) is 10.8 Å². The Balaban J connectivity index is 1.20. The number of ether oxygens (including phenoxy) is 3. The Labute approximate surface area is 158 Å². The summed E-state index contributed by atoms with van der Waals surface area (Å²) in [5.74, 6) is 0.809. The molecular weight excluding hydrogens is 344 g/mol. The van der Waals surface area contributed by atoms with E-state index >= 15 is 0 Å². The number of hydrogen-bond acceptors (Lipinski definition) is 5. The molecular formula is C21H24N2O4. The molecule has 4 unspecified atom stereocenters. The van der Waals surface area contributed by atoms with Gasteiger partial charge in [-0.05, 0) is 36.8 Å². The summed E-state index contributed by atoms with van der Waals surface area (Å²) >= 11 is 0. The van der Waals surface area contributed by atoms with E-state index in [0.29, 0.717) is 13.2 Å². The Kier molecular flexibility index (Phi) is 4.47. The van der Waals surface area contributed by atoms with Gasteiger partial charge in [0, 0.05) is 5.39 Å². The van der Waals surface area contributed by atoms with Crippen LogP contribution in [0.15, 0.2) is 42.5 Å². The molecule has 6 nitrogen and oxygen atoms in total. The summed E-state index contributed by atoms with van der Waals surface area (Å²) in [6, 6.07) is 13.9. The van der Waals surface area contributed by atoms with E-state index in [1.165, 1.54) is 12.8 Å². The van der Waals surface area contributed by atoms with Gasteiger partial charge in [0.05, 0.1) is 24.9 Å². The fourth-order valence-corrected chi connectivity index (χ4v) is 3.99. The van der Waals surface area contributed by atoms with E-state index in [9.17, 15) is 4.79 Å². The molecule has 0 radical (unpaired) electrons. The van der Waals surface area contributed by atoms with E-state index < -0.39 is 6.09 Å². The number of rotatable bonds is 5. The molecule has 2 aliphatic heterocycles. The molecule has 3 aliphatic rings. The van der Waals surface area contributed by atoms with E-state index in [2.05, 4.69) is 10.6 Å². The Hall–Kier alpha value is -2.15. The lowest BCUT2D eigenvalue weighted by Gasteiger charge is -2.18. The summed E-state index contributed by atoms with van der Waals surface area (Å²) in [4.78, 5) is 12.4. The van der Waals surface area contributed by atoms with Crippen LogP contribution in [0.4, 0.5) is 10.5 Å². The third-order valence-corrected chi connectivity index (χ3v) is 5.66. The fraction of sp³-hybridized carbons (Fsp3) is 0.476. The number of carbonyl (C=O) groups is 1. The summed E-state index contributed by atoms with van der Waals surface area (Å²) in [5.41, 5.74) is 0.741. The van der Waals surface area contributed by atoms with Gasteiger partial charge < -0.3 is 19.5 Å². The van der Waals surface area contributed by atoms with E-state index in [4.69, 9.17) is 14.2 Å². The Morgan fingerprint density at radius 2 is 1.85 bits per heavy atom. The number of anilines is 1. The average molecular weight is 368 g/mol. The van der Waals surface area contributed by atoms with Gasteiger partial charge in [0.15, 0.2) is 6.10 Å². The highest BCUT2D eigenvalue weighted by Crippen LogP contribution is 2.32. The Bertz CT molecular complexity index is 833. The van der Waals surface area contributed by atoms with Crippen molar-refractivity contribution in [1.29, 1.82) is 0 Å². The van der Waals surface area contributed by atoms with Crippen LogP contribution in [0.2, 0.25) is 0 Å². The molecule has 1 aliphatic carbocycles. The molecule has 5 rings (SSSR count). The highest BCUT2D eigenvalue weighted by atomic mass is 16.6. The second kappa shape index (κ2) is 7.11. The van der Waals surface area contributed by atoms with Crippen molar-refractivity contribution in [2.24, 2.45) is 5.92 Å². The van der Waals surface area contributed by atoms with Gasteiger partial charge in [0.1, 0.15) is 12.2 Å². The molecule has 2 aromatic rings. The zero-order chi connectivity index (χ0) is 18.2. The van der Waals surface area contributed by atoms with E-state index in [-0.39, 0.29) is 24.4 Å². The maximum Gasteiger partial charge on any atom is 0.412 e. The summed E-state index contributed by atoms with van der Waals surface area (Å²) in [6.45, 7) is 2.00. The first-order chi connectivity index (χ1) is 13.3. The van der Waals surface area contributed by atoms with Crippen molar-refractivity contribution in [3.8, 4) is 0 Å². The minimum absolute atomic E-state index is 0.0425. The number of amides is 1. The van der Waals surface area contributed by atoms with Gasteiger partial charge in [-0.3, -0.25) is 5.32 Å². The summed E-state index contributed by atoms with van der Waals surface area (Å²) in [5, 5.41) is 8.46. The number of benzene rings is 2. The number of fused-ring (bicyclic) bond motifs is 2. The van der Waals surface area contributed by atoms with Crippen LogP contribution in [0, 0.1) is 5.92 Å². The SMILES string of the molecule is O=C(Nc1cccc2ccccc12)OC1COC2C(NCC3CC3)COC12. The van der Waals surface area contributed by atoms with Crippen LogP contribution in [0.5, 0.6) is 0 Å². The highest BCUT2D eigenvalue weighted by molar-refractivity contribution is 6.00. The normalized spacial score (nSPS) is 29.6. The molecule has 27 heavy (non-hydrogen) atoms. The predicted octanol–water partition coefficient (Wildman–Crippen LogP) is 2.92. The monoisotopic (exact) mass is 368 g/mol. The highest BCUT2D eigenvalue weighted by Gasteiger charge is 2.49. The molecule has 2 heterocycles. The molecule has 0 bridgehead atoms. The minimum atomic E-state index is -0.474. The lowest BCUT2D eigenvalue weighted by atomic mass is 10.1. The average Bonchev–Trinajstić information content (AvgIpc) is 3.30. The molecule has 1 amide bonds. The third-order valence-electron chi connectivity index (χ3n) is 5.66. The standard InChI is InChI=1S/C21H24N2O4/c24-21(23-16-7-3-5-14-4-1-2-6-15(14)16)27-18-12-26-19-17(11-25-20(18)19)22-10-13-8-9-13/h1-7,13,17-20,22H,8-12H2,(H,23,24). The molecule has 4 atom stereocenters. The van der Waals surface area contributed by atoms with Gasteiger partial charge in [0.25, 0.3) is 0 Å². The third kappa shape index (κ3) is 3.52. The van der Waals surface area contributed by atoms with Crippen LogP contribution in [0.3, 0.4) is 0 Å². The van der Waals surface area contributed by atoms with Gasteiger partial charge in [-0.15, -0.1) is 0 Å². The topological polar surface area (TPSA) is 68.8 Å². The van der Waals surface area contributed by atoms with Crippen molar-refractivity contribution >= 4 is 22.6 Å². The lowest BCUT2D eigenvalue weighted by molar-refractivity contribution is 0.00857. The summed E-state index contributed by atoms with van der Waals surface area (Å²) in [6.07, 6.45) is 1.54. The first-order valence-corrected chi connectivity index (χ1v) is 9.70. The summed E-state index contributed by atoms with van der Waals surface area (Å²) < 4.78 is 17.4. The van der Waals surface area contributed by atoms with Crippen molar-refractivity contribution in [2.45, 2.75) is 37.2 Å². The molecule has 2 N–H and O–H groups in total. The van der Waals surface area contributed by atoms with E-state index in [0.717, 1.165) is 28.9 Å². The number of carbonyl (C=O) groups excluding carboxylic acids is 1. The fourth-order valence-electron chi connectivity index (χ4n) is 3.99. The van der Waals surface area contributed by atoms with Crippen LogP contribution in [-0.4, -0.2) is 50.2 Å². The first-order valence-electron chi connectivity index (χ1n) is 9.70. The minimum Gasteiger partial charge on any atom is -0.441 e. The number of nitrogens with one attached hydrogen (secondary N) is 2. The zero-order valence-corrected chi connectivity index (χ0v) is 15.1. The lowest BCUT2D eigenvalue weighted by Crippen LogP contribution is -2.42. The zero-order valence-electron chi connectivity index (χ0n) is 15.1. The molecule has 3 fully saturated rings. The van der Waals surface area contributed by atoms with E-state index in [1.54, 1.807) is 0 Å². The maximum atomic E-state index is 12.4. The summed E-state index contributed by atoms with van der Waals surface area (Å²) in [7, 11) is 0. The Morgan fingerprint density at radius 1 is 1.04 bits per heavy atom. The van der Waals surface area contributed by atoms with Crippen LogP contribution in [-0.2, 0) is 14.2 Å². The van der Waals surface area contributed by atoms with Crippen molar-refractivity contribution in [3.63, 3.8) is 0 Å². The molecule has 0 spiro atoms. The smallest absolute Gasteiger partial charge is 0.412 e. The largest absolute Gasteiger partial charge is 0.441 e. The van der Waals surface area contributed by atoms with Gasteiger partial charge >= 0.3 is 6.09 Å². The van der Waals surface area contributed by atoms with Gasteiger partial charge in [0.2, 0.25) is 0 Å². The molecule has 142 valence electrons. The van der Waals surface area contributed by atoms with E-state index in [1.807, 2.05) is 42.5 Å². The maximum absolute atomic E-state index is 12.4. The van der Waals surface area contributed by atoms with Crippen LogP contribution < -0.4 is 10.6 Å². The van der Waals surface area contributed by atoms with Crippen molar-refractivity contribution < 1.29 is 19.0 Å². The molecule has 2 aromatic carbocycles. The van der Waals surface area contributed by atoms with Gasteiger partial charge in [-0.25, -0.2) is 4.79 Å². The molecule has 6 heteroatoms. The van der Waals surface area contributed by atoms with Crippen LogP contribution in [0.1, 0.15) is 12.8 Å². The predicted molar refractivity (Wildman–Crippen MR) is 102 cm³/mol. The van der Waals surface area contributed by atoms with Gasteiger partial charge in [-0.1, -0.05) is 36.4 Å². The molecule has 0 aromatic heterocycles. The molecule has 2 saturated heterocycles. The van der Waals surface area contributed by atoms with Crippen molar-refractivity contribution in [3.05, 3.63) is 42.5 Å². The second-order valence-electron chi connectivity index (χ2n) is 7.65. The van der Waals surface area contributed by atoms with Crippen LogP contribution >= 0.6 is 0 Å². The van der Waals surface area contributed by atoms with Crippen molar-refractivity contribution in [1.82, 2.24) is 5.32 Å². The quantitative estimate of drug-likeness (QED) is 0.849. The number of hydrogen-bond donors (Lipinski definition) is 2. The van der Waals surface area contributed by atoms with Crippen molar-refractivity contribution in [2.75, 3.05) is 25.1 Å². The molecule has 1 saturated carbocycles. The first kappa shape index (κ1) is 17.0.